The summed E-state index contributed by atoms with van der Waals surface area (Å²) >= 11 is 0. The highest BCUT2D eigenvalue weighted by Crippen LogP contribution is 2.17. The number of hydrogen-bond donors (Lipinski definition) is 1. The SMILES string of the molecule is c1ccc(NCc2ccc(N3CCCC3)nc2)nc1. The lowest BCUT2D eigenvalue weighted by atomic mass is 10.2. The second-order valence-electron chi connectivity index (χ2n) is 4.79. The van der Waals surface area contributed by atoms with Crippen LogP contribution in [0.2, 0.25) is 0 Å². The van der Waals surface area contributed by atoms with Gasteiger partial charge in [0.1, 0.15) is 11.6 Å². The Morgan fingerprint density at radius 1 is 1.05 bits per heavy atom. The molecule has 0 saturated carbocycles. The van der Waals surface area contributed by atoms with Crippen molar-refractivity contribution in [2.45, 2.75) is 19.4 Å². The van der Waals surface area contributed by atoms with Crippen molar-refractivity contribution in [2.24, 2.45) is 0 Å². The molecule has 0 aromatic carbocycles. The third-order valence-corrected chi connectivity index (χ3v) is 3.38. The van der Waals surface area contributed by atoms with E-state index >= 15 is 0 Å². The summed E-state index contributed by atoms with van der Waals surface area (Å²) in [6, 6.07) is 10.1. The van der Waals surface area contributed by atoms with E-state index in [0.717, 1.165) is 31.3 Å². The predicted octanol–water partition coefficient (Wildman–Crippen LogP) is 2.69. The minimum absolute atomic E-state index is 0.754. The minimum Gasteiger partial charge on any atom is -0.366 e. The van der Waals surface area contributed by atoms with Crippen LogP contribution in [0.5, 0.6) is 0 Å². The van der Waals surface area contributed by atoms with Gasteiger partial charge in [-0.2, -0.15) is 0 Å². The molecular formula is C15H18N4. The van der Waals surface area contributed by atoms with Crippen LogP contribution in [-0.2, 0) is 6.54 Å². The molecule has 0 bridgehead atoms. The molecule has 2 aromatic heterocycles. The first-order chi connectivity index (χ1) is 9.42. The first-order valence-corrected chi connectivity index (χ1v) is 6.76. The zero-order valence-electron chi connectivity index (χ0n) is 10.9. The summed E-state index contributed by atoms with van der Waals surface area (Å²) in [5.74, 6) is 1.99. The molecule has 2 aromatic rings. The molecule has 0 atom stereocenters. The van der Waals surface area contributed by atoms with Crippen molar-refractivity contribution in [1.82, 2.24) is 9.97 Å². The van der Waals surface area contributed by atoms with Crippen LogP contribution >= 0.6 is 0 Å². The van der Waals surface area contributed by atoms with E-state index in [-0.39, 0.29) is 0 Å². The minimum atomic E-state index is 0.754. The summed E-state index contributed by atoms with van der Waals surface area (Å²) in [6.07, 6.45) is 6.30. The van der Waals surface area contributed by atoms with E-state index in [1.807, 2.05) is 24.4 Å². The molecule has 4 heteroatoms. The van der Waals surface area contributed by atoms with Crippen molar-refractivity contribution in [3.05, 3.63) is 48.3 Å². The Morgan fingerprint density at radius 3 is 2.63 bits per heavy atom. The largest absolute Gasteiger partial charge is 0.366 e. The summed E-state index contributed by atoms with van der Waals surface area (Å²) in [5.41, 5.74) is 1.17. The third kappa shape index (κ3) is 3.02. The van der Waals surface area contributed by atoms with E-state index < -0.39 is 0 Å². The fourth-order valence-electron chi connectivity index (χ4n) is 2.31. The van der Waals surface area contributed by atoms with Gasteiger partial charge in [0.05, 0.1) is 0 Å². The molecular weight excluding hydrogens is 236 g/mol. The van der Waals surface area contributed by atoms with Gasteiger partial charge in [-0.05, 0) is 36.6 Å². The average Bonchev–Trinajstić information content (AvgIpc) is 3.01. The van der Waals surface area contributed by atoms with E-state index in [1.54, 1.807) is 6.20 Å². The van der Waals surface area contributed by atoms with Crippen LogP contribution in [0, 0.1) is 0 Å². The highest BCUT2D eigenvalue weighted by molar-refractivity contribution is 5.41. The second-order valence-corrected chi connectivity index (χ2v) is 4.79. The summed E-state index contributed by atoms with van der Waals surface area (Å²) < 4.78 is 0. The molecule has 0 radical (unpaired) electrons. The van der Waals surface area contributed by atoms with Crippen molar-refractivity contribution < 1.29 is 0 Å². The molecule has 1 fully saturated rings. The van der Waals surface area contributed by atoms with Gasteiger partial charge in [0.15, 0.2) is 0 Å². The van der Waals surface area contributed by atoms with Crippen LogP contribution < -0.4 is 10.2 Å². The van der Waals surface area contributed by atoms with E-state index in [2.05, 4.69) is 32.3 Å². The van der Waals surface area contributed by atoms with Crippen molar-refractivity contribution in [1.29, 1.82) is 0 Å². The van der Waals surface area contributed by atoms with Crippen LogP contribution in [0.1, 0.15) is 18.4 Å². The Kier molecular flexibility index (Phi) is 3.58. The smallest absolute Gasteiger partial charge is 0.128 e. The topological polar surface area (TPSA) is 41.0 Å². The highest BCUT2D eigenvalue weighted by Gasteiger charge is 2.12. The number of nitrogens with zero attached hydrogens (tertiary/aromatic N) is 3. The molecule has 0 unspecified atom stereocenters. The fourth-order valence-corrected chi connectivity index (χ4v) is 2.31. The number of rotatable bonds is 4. The zero-order valence-corrected chi connectivity index (χ0v) is 10.9. The molecule has 1 saturated heterocycles. The van der Waals surface area contributed by atoms with Gasteiger partial charge in [0, 0.05) is 32.0 Å². The maximum absolute atomic E-state index is 4.54. The zero-order chi connectivity index (χ0) is 12.9. The molecule has 3 rings (SSSR count). The fraction of sp³-hybridized carbons (Fsp3) is 0.333. The van der Waals surface area contributed by atoms with Gasteiger partial charge >= 0.3 is 0 Å². The molecule has 0 amide bonds. The maximum atomic E-state index is 4.54. The summed E-state index contributed by atoms with van der Waals surface area (Å²) in [6.45, 7) is 3.03. The average molecular weight is 254 g/mol. The van der Waals surface area contributed by atoms with Crippen molar-refractivity contribution in [3.63, 3.8) is 0 Å². The Bertz CT molecular complexity index is 503. The van der Waals surface area contributed by atoms with Gasteiger partial charge < -0.3 is 10.2 Å². The first kappa shape index (κ1) is 12.0. The van der Waals surface area contributed by atoms with Gasteiger partial charge in [0.2, 0.25) is 0 Å². The summed E-state index contributed by atoms with van der Waals surface area (Å²) in [7, 11) is 0. The second kappa shape index (κ2) is 5.69. The quantitative estimate of drug-likeness (QED) is 0.910. The monoisotopic (exact) mass is 254 g/mol. The van der Waals surface area contributed by atoms with Gasteiger partial charge in [-0.3, -0.25) is 0 Å². The van der Waals surface area contributed by atoms with E-state index in [1.165, 1.54) is 18.4 Å². The highest BCUT2D eigenvalue weighted by atomic mass is 15.2. The summed E-state index contributed by atoms with van der Waals surface area (Å²) in [4.78, 5) is 11.1. The van der Waals surface area contributed by atoms with Crippen LogP contribution in [-0.4, -0.2) is 23.1 Å². The van der Waals surface area contributed by atoms with Crippen molar-refractivity contribution >= 4 is 11.6 Å². The molecule has 19 heavy (non-hydrogen) atoms. The maximum Gasteiger partial charge on any atom is 0.128 e. The molecule has 1 aliphatic heterocycles. The first-order valence-electron chi connectivity index (χ1n) is 6.76. The predicted molar refractivity (Wildman–Crippen MR) is 77.2 cm³/mol. The number of nitrogens with one attached hydrogen (secondary N) is 1. The number of pyridine rings is 2. The Labute approximate surface area is 113 Å². The lowest BCUT2D eigenvalue weighted by Gasteiger charge is -2.16. The molecule has 0 spiro atoms. The third-order valence-electron chi connectivity index (χ3n) is 3.38. The number of anilines is 2. The van der Waals surface area contributed by atoms with E-state index in [0.29, 0.717) is 0 Å². The molecule has 1 N–H and O–H groups in total. The lowest BCUT2D eigenvalue weighted by molar-refractivity contribution is 0.931. The number of aromatic nitrogens is 2. The summed E-state index contributed by atoms with van der Waals surface area (Å²) in [5, 5.41) is 3.29. The molecule has 0 aliphatic carbocycles. The standard InChI is InChI=1S/C15H18N4/c1-2-8-16-14(5-1)17-11-13-6-7-15(18-12-13)19-9-3-4-10-19/h1-2,5-8,12H,3-4,9-11H2,(H,16,17). The van der Waals surface area contributed by atoms with Crippen LogP contribution in [0.25, 0.3) is 0 Å². The van der Waals surface area contributed by atoms with Gasteiger partial charge in [-0.1, -0.05) is 12.1 Å². The van der Waals surface area contributed by atoms with Crippen LogP contribution in [0.15, 0.2) is 42.7 Å². The van der Waals surface area contributed by atoms with Crippen molar-refractivity contribution in [2.75, 3.05) is 23.3 Å². The van der Waals surface area contributed by atoms with Gasteiger partial charge in [0.25, 0.3) is 0 Å². The van der Waals surface area contributed by atoms with Crippen LogP contribution in [0.4, 0.5) is 11.6 Å². The normalized spacial score (nSPS) is 14.6. The molecule has 98 valence electrons. The van der Waals surface area contributed by atoms with E-state index in [4.69, 9.17) is 0 Å². The Hall–Kier alpha value is -2.10. The van der Waals surface area contributed by atoms with E-state index in [9.17, 15) is 0 Å². The van der Waals surface area contributed by atoms with Crippen molar-refractivity contribution in [3.8, 4) is 0 Å². The number of hydrogen-bond acceptors (Lipinski definition) is 4. The Balaban J connectivity index is 1.60. The lowest BCUT2D eigenvalue weighted by Crippen LogP contribution is -2.18. The Morgan fingerprint density at radius 2 is 1.95 bits per heavy atom. The van der Waals surface area contributed by atoms with Gasteiger partial charge in [-0.25, -0.2) is 9.97 Å². The van der Waals surface area contributed by atoms with Crippen LogP contribution in [0.3, 0.4) is 0 Å². The molecule has 1 aliphatic rings. The molecule has 3 heterocycles. The molecule has 4 nitrogen and oxygen atoms in total. The van der Waals surface area contributed by atoms with Gasteiger partial charge in [-0.15, -0.1) is 0 Å².